The van der Waals surface area contributed by atoms with E-state index in [2.05, 4.69) is 4.90 Å². The van der Waals surface area contributed by atoms with Crippen molar-refractivity contribution in [3.8, 4) is 0 Å². The molecule has 0 aliphatic heterocycles. The molecule has 0 amide bonds. The fraction of sp³-hybridized carbons (Fsp3) is 0.400. The molecule has 1 aromatic rings. The molecule has 0 heterocycles. The fourth-order valence-corrected chi connectivity index (χ4v) is 2.33. The minimum absolute atomic E-state index is 0. The Morgan fingerprint density at radius 3 is 2.44 bits per heavy atom. The molecule has 102 valence electrons. The molecule has 8 heteroatoms. The molecular formula is C10H18N4O3S. The Hall–Kier alpha value is -1.51. The molecule has 0 unspecified atom stereocenters. The summed E-state index contributed by atoms with van der Waals surface area (Å²) in [5.74, 6) is 0.856. The maximum Gasteiger partial charge on any atom is 0.294 e. The molecule has 0 aromatic heterocycles. The van der Waals surface area contributed by atoms with E-state index in [4.69, 9.17) is 11.5 Å². The number of hydrogen-bond donors (Lipinski definition) is 2. The van der Waals surface area contributed by atoms with Gasteiger partial charge < -0.3 is 21.8 Å². The Labute approximate surface area is 110 Å². The van der Waals surface area contributed by atoms with Crippen molar-refractivity contribution in [1.82, 2.24) is 4.90 Å². The highest BCUT2D eigenvalue weighted by atomic mass is 32.2. The van der Waals surface area contributed by atoms with E-state index in [0.717, 1.165) is 17.2 Å². The number of nitrogen functional groups attached to an aromatic ring is 2. The van der Waals surface area contributed by atoms with E-state index in [1.54, 1.807) is 17.8 Å². The normalized spacial score (nSPS) is 10.2. The van der Waals surface area contributed by atoms with E-state index in [1.165, 1.54) is 6.07 Å². The lowest BCUT2D eigenvalue weighted by Gasteiger charge is -2.10. The van der Waals surface area contributed by atoms with Crippen molar-refractivity contribution in [1.29, 1.82) is 0 Å². The Morgan fingerprint density at radius 2 is 1.94 bits per heavy atom. The summed E-state index contributed by atoms with van der Waals surface area (Å²) in [6, 6.07) is 2.88. The van der Waals surface area contributed by atoms with Crippen molar-refractivity contribution in [3.63, 3.8) is 0 Å². The standard InChI is InChI=1S/C10H16N4O2S.H2O/c1-13(2)3-4-17-10-6-7(11)9(14(15)16)5-8(10)12;/h5-6H,3-4,11-12H2,1-2H3;1H2. The smallest absolute Gasteiger partial charge is 0.294 e. The van der Waals surface area contributed by atoms with E-state index in [0.29, 0.717) is 5.69 Å². The van der Waals surface area contributed by atoms with Crippen LogP contribution in [-0.2, 0) is 0 Å². The van der Waals surface area contributed by atoms with E-state index in [1.807, 2.05) is 14.1 Å². The van der Waals surface area contributed by atoms with Gasteiger partial charge in [0.05, 0.1) is 10.6 Å². The first-order valence-corrected chi connectivity index (χ1v) is 6.01. The largest absolute Gasteiger partial charge is 0.412 e. The molecule has 1 rings (SSSR count). The highest BCUT2D eigenvalue weighted by Gasteiger charge is 2.14. The molecule has 7 nitrogen and oxygen atoms in total. The number of nitrogens with zero attached hydrogens (tertiary/aromatic N) is 2. The average Bonchev–Trinajstić information content (AvgIpc) is 2.21. The fourth-order valence-electron chi connectivity index (χ4n) is 1.22. The van der Waals surface area contributed by atoms with E-state index in [9.17, 15) is 10.1 Å². The van der Waals surface area contributed by atoms with E-state index < -0.39 is 4.92 Å². The quantitative estimate of drug-likeness (QED) is 0.350. The van der Waals surface area contributed by atoms with E-state index in [-0.39, 0.29) is 16.9 Å². The molecule has 0 saturated heterocycles. The molecule has 0 saturated carbocycles. The van der Waals surface area contributed by atoms with Gasteiger partial charge in [0.1, 0.15) is 5.69 Å². The van der Waals surface area contributed by atoms with Gasteiger partial charge in [-0.25, -0.2) is 0 Å². The number of nitro groups is 1. The first-order chi connectivity index (χ1) is 7.91. The summed E-state index contributed by atoms with van der Waals surface area (Å²) in [6.07, 6.45) is 0. The van der Waals surface area contributed by atoms with Crippen molar-refractivity contribution in [2.45, 2.75) is 4.90 Å². The topological polar surface area (TPSA) is 130 Å². The van der Waals surface area contributed by atoms with Crippen molar-refractivity contribution in [2.75, 3.05) is 37.9 Å². The summed E-state index contributed by atoms with van der Waals surface area (Å²) in [7, 11) is 3.96. The van der Waals surface area contributed by atoms with Crippen LogP contribution in [0.15, 0.2) is 17.0 Å². The lowest BCUT2D eigenvalue weighted by molar-refractivity contribution is -0.383. The third-order valence-corrected chi connectivity index (χ3v) is 3.20. The van der Waals surface area contributed by atoms with Crippen LogP contribution < -0.4 is 11.5 Å². The van der Waals surface area contributed by atoms with Crippen molar-refractivity contribution in [3.05, 3.63) is 22.2 Å². The Kier molecular flexibility index (Phi) is 6.45. The number of thioether (sulfide) groups is 1. The van der Waals surface area contributed by atoms with Gasteiger partial charge >= 0.3 is 0 Å². The zero-order valence-electron chi connectivity index (χ0n) is 10.3. The van der Waals surface area contributed by atoms with Gasteiger partial charge in [0.15, 0.2) is 0 Å². The van der Waals surface area contributed by atoms with Gasteiger partial charge in [0, 0.05) is 23.3 Å². The van der Waals surface area contributed by atoms with Gasteiger partial charge in [0.25, 0.3) is 5.69 Å². The summed E-state index contributed by atoms with van der Waals surface area (Å²) in [5.41, 5.74) is 11.8. The molecule has 0 radical (unpaired) electrons. The van der Waals surface area contributed by atoms with Gasteiger partial charge in [-0.3, -0.25) is 10.1 Å². The van der Waals surface area contributed by atoms with Gasteiger partial charge in [-0.2, -0.15) is 0 Å². The van der Waals surface area contributed by atoms with Crippen LogP contribution in [0.2, 0.25) is 0 Å². The first-order valence-electron chi connectivity index (χ1n) is 5.02. The summed E-state index contributed by atoms with van der Waals surface area (Å²) < 4.78 is 0. The predicted molar refractivity (Wildman–Crippen MR) is 74.8 cm³/mol. The first kappa shape index (κ1) is 16.5. The number of rotatable bonds is 5. The van der Waals surface area contributed by atoms with Gasteiger partial charge in [-0.1, -0.05) is 0 Å². The minimum atomic E-state index is -0.528. The number of benzene rings is 1. The predicted octanol–water partition coefficient (Wildman–Crippen LogP) is 0.588. The molecule has 6 N–H and O–H groups in total. The van der Waals surface area contributed by atoms with Crippen LogP contribution in [0.25, 0.3) is 0 Å². The monoisotopic (exact) mass is 274 g/mol. The zero-order chi connectivity index (χ0) is 13.0. The molecule has 1 aromatic carbocycles. The molecular weight excluding hydrogens is 256 g/mol. The highest BCUT2D eigenvalue weighted by Crippen LogP contribution is 2.33. The molecule has 0 aliphatic carbocycles. The van der Waals surface area contributed by atoms with Crippen molar-refractivity contribution >= 4 is 28.8 Å². The SMILES string of the molecule is CN(C)CCSc1cc(N)c([N+](=O)[O-])cc1N.O. The van der Waals surface area contributed by atoms with Crippen LogP contribution in [0.4, 0.5) is 17.1 Å². The summed E-state index contributed by atoms with van der Waals surface area (Å²) in [6.45, 7) is 0.904. The van der Waals surface area contributed by atoms with Crippen LogP contribution in [0.3, 0.4) is 0 Å². The molecule has 0 bridgehead atoms. The third kappa shape index (κ3) is 4.40. The Balaban J connectivity index is 0.00000289. The third-order valence-electron chi connectivity index (χ3n) is 2.15. The Bertz CT molecular complexity index is 426. The van der Waals surface area contributed by atoms with Crippen LogP contribution in [-0.4, -0.2) is 41.7 Å². The summed E-state index contributed by atoms with van der Waals surface area (Å²) in [4.78, 5) is 13.0. The molecule has 0 aliphatic rings. The minimum Gasteiger partial charge on any atom is -0.412 e. The van der Waals surface area contributed by atoms with Crippen LogP contribution in [0.5, 0.6) is 0 Å². The molecule has 18 heavy (non-hydrogen) atoms. The number of anilines is 2. The summed E-state index contributed by atoms with van der Waals surface area (Å²) in [5, 5.41) is 10.6. The van der Waals surface area contributed by atoms with Gasteiger partial charge in [0.2, 0.25) is 0 Å². The van der Waals surface area contributed by atoms with Gasteiger partial charge in [-0.05, 0) is 20.2 Å². The number of nitrogens with two attached hydrogens (primary N) is 2. The van der Waals surface area contributed by atoms with E-state index >= 15 is 0 Å². The van der Waals surface area contributed by atoms with Crippen molar-refractivity contribution in [2.24, 2.45) is 0 Å². The van der Waals surface area contributed by atoms with Crippen LogP contribution >= 0.6 is 11.8 Å². The average molecular weight is 274 g/mol. The second-order valence-corrected chi connectivity index (χ2v) is 4.99. The highest BCUT2D eigenvalue weighted by molar-refractivity contribution is 7.99. The lowest BCUT2D eigenvalue weighted by atomic mass is 10.2. The number of hydrogen-bond acceptors (Lipinski definition) is 6. The Morgan fingerprint density at radius 1 is 1.33 bits per heavy atom. The second-order valence-electron chi connectivity index (χ2n) is 3.86. The van der Waals surface area contributed by atoms with Gasteiger partial charge in [-0.15, -0.1) is 11.8 Å². The second kappa shape index (κ2) is 7.04. The summed E-state index contributed by atoms with van der Waals surface area (Å²) >= 11 is 1.54. The molecule has 0 fully saturated rings. The molecule has 0 atom stereocenters. The zero-order valence-corrected chi connectivity index (χ0v) is 11.2. The lowest BCUT2D eigenvalue weighted by Crippen LogP contribution is -2.14. The number of nitro benzene ring substituents is 1. The maximum absolute atomic E-state index is 10.6. The van der Waals surface area contributed by atoms with Crippen LogP contribution in [0, 0.1) is 10.1 Å². The van der Waals surface area contributed by atoms with Crippen molar-refractivity contribution < 1.29 is 10.4 Å². The molecule has 0 spiro atoms. The van der Waals surface area contributed by atoms with Crippen LogP contribution in [0.1, 0.15) is 0 Å². The maximum atomic E-state index is 10.6.